The molecule has 1 heterocycles. The number of benzene rings is 1. The predicted octanol–water partition coefficient (Wildman–Crippen LogP) is 3.13. The number of nitrogens with one attached hydrogen (secondary N) is 1. The van der Waals surface area contributed by atoms with Gasteiger partial charge in [-0.2, -0.15) is 5.26 Å². The molecule has 2 unspecified atom stereocenters. The monoisotopic (exact) mass is 400 g/mol. The number of rotatable bonds is 7. The molecule has 1 aliphatic heterocycles. The van der Waals surface area contributed by atoms with Gasteiger partial charge in [0.05, 0.1) is 17.7 Å². The summed E-state index contributed by atoms with van der Waals surface area (Å²) >= 11 is 0. The number of carbonyl (C=O) groups is 2. The van der Waals surface area contributed by atoms with Crippen molar-refractivity contribution in [3.8, 4) is 11.8 Å². The smallest absolute Gasteiger partial charge is 0.338 e. The van der Waals surface area contributed by atoms with E-state index in [1.165, 1.54) is 6.92 Å². The molecule has 1 aliphatic carbocycles. The second-order valence-electron chi connectivity index (χ2n) is 7.76. The zero-order valence-electron chi connectivity index (χ0n) is 16.8. The first kappa shape index (κ1) is 21.1. The van der Waals surface area contributed by atoms with E-state index in [9.17, 15) is 14.9 Å². The van der Waals surface area contributed by atoms with Crippen LogP contribution in [0, 0.1) is 11.3 Å². The van der Waals surface area contributed by atoms with Gasteiger partial charge in [-0.25, -0.2) is 4.79 Å². The number of carbonyl (C=O) groups excluding carboxylic acids is 2. The maximum absolute atomic E-state index is 12.4. The van der Waals surface area contributed by atoms with E-state index in [0.717, 1.165) is 38.7 Å². The number of hydrogen-bond acceptors (Lipinski definition) is 6. The molecule has 156 valence electrons. The van der Waals surface area contributed by atoms with E-state index in [1.807, 2.05) is 0 Å². The van der Waals surface area contributed by atoms with E-state index in [1.54, 1.807) is 24.3 Å². The minimum absolute atomic E-state index is 0.125. The predicted molar refractivity (Wildman–Crippen MR) is 105 cm³/mol. The zero-order chi connectivity index (χ0) is 20.7. The molecule has 0 bridgehead atoms. The van der Waals surface area contributed by atoms with E-state index in [4.69, 9.17) is 14.2 Å². The summed E-state index contributed by atoms with van der Waals surface area (Å²) < 4.78 is 16.5. The Kier molecular flexibility index (Phi) is 7.10. The molecular formula is C22H28N2O5. The van der Waals surface area contributed by atoms with Crippen LogP contribution >= 0.6 is 0 Å². The molecule has 1 N–H and O–H groups in total. The van der Waals surface area contributed by atoms with Crippen LogP contribution in [0.1, 0.15) is 62.2 Å². The molecule has 0 radical (unpaired) electrons. The quantitative estimate of drug-likeness (QED) is 0.706. The first-order valence-electron chi connectivity index (χ1n) is 10.3. The van der Waals surface area contributed by atoms with E-state index < -0.39 is 23.5 Å². The summed E-state index contributed by atoms with van der Waals surface area (Å²) in [6.45, 7) is 2.78. The van der Waals surface area contributed by atoms with Crippen LogP contribution in [0.15, 0.2) is 24.3 Å². The molecule has 2 aliphatic rings. The fourth-order valence-corrected chi connectivity index (χ4v) is 3.69. The van der Waals surface area contributed by atoms with Crippen LogP contribution < -0.4 is 10.1 Å². The molecule has 1 amide bonds. The second kappa shape index (κ2) is 9.75. The number of ether oxygens (including phenoxy) is 3. The van der Waals surface area contributed by atoms with Crippen LogP contribution in [0.5, 0.6) is 5.75 Å². The molecule has 1 aromatic rings. The van der Waals surface area contributed by atoms with Crippen molar-refractivity contribution in [1.82, 2.24) is 5.32 Å². The largest absolute Gasteiger partial charge is 0.491 e. The van der Waals surface area contributed by atoms with Crippen LogP contribution in [0.25, 0.3) is 0 Å². The Morgan fingerprint density at radius 2 is 1.97 bits per heavy atom. The lowest BCUT2D eigenvalue weighted by atomic mass is 9.83. The van der Waals surface area contributed by atoms with Gasteiger partial charge in [-0.1, -0.05) is 19.3 Å². The van der Waals surface area contributed by atoms with Crippen LogP contribution in [0.3, 0.4) is 0 Å². The molecular weight excluding hydrogens is 372 g/mol. The number of amides is 1. The van der Waals surface area contributed by atoms with Crippen molar-refractivity contribution in [2.75, 3.05) is 13.2 Å². The minimum atomic E-state index is -0.981. The Hall–Kier alpha value is -2.59. The number of esters is 1. The number of hydrogen-bond donors (Lipinski definition) is 1. The van der Waals surface area contributed by atoms with Crippen molar-refractivity contribution < 1.29 is 23.8 Å². The highest BCUT2D eigenvalue weighted by atomic mass is 16.5. The summed E-state index contributed by atoms with van der Waals surface area (Å²) in [6.07, 6.45) is 5.33. The normalized spacial score (nSPS) is 21.6. The first-order valence-corrected chi connectivity index (χ1v) is 10.3. The van der Waals surface area contributed by atoms with Gasteiger partial charge >= 0.3 is 5.97 Å². The van der Waals surface area contributed by atoms with Gasteiger partial charge in [-0.05, 0) is 56.9 Å². The van der Waals surface area contributed by atoms with Crippen molar-refractivity contribution in [2.24, 2.45) is 0 Å². The van der Waals surface area contributed by atoms with Crippen molar-refractivity contribution in [1.29, 1.82) is 5.26 Å². The molecule has 7 heteroatoms. The molecule has 29 heavy (non-hydrogen) atoms. The SMILES string of the molecule is CC(OC(=O)c1ccc(OCC2CCCO2)cc1)C(=O)NC1(C#N)CCCCC1. The molecule has 1 aromatic carbocycles. The lowest BCUT2D eigenvalue weighted by molar-refractivity contribution is -0.130. The molecule has 3 rings (SSSR count). The standard InChI is InChI=1S/C22H28N2O5/c1-16(20(25)24-22(15-23)11-3-2-4-12-22)29-21(26)17-7-9-18(10-8-17)28-14-19-6-5-13-27-19/h7-10,16,19H,2-6,11-14H2,1H3,(H,24,25). The van der Waals surface area contributed by atoms with Crippen molar-refractivity contribution in [3.05, 3.63) is 29.8 Å². The summed E-state index contributed by atoms with van der Waals surface area (Å²) in [4.78, 5) is 24.8. The third kappa shape index (κ3) is 5.70. The average Bonchev–Trinajstić information content (AvgIpc) is 3.27. The van der Waals surface area contributed by atoms with Gasteiger partial charge in [0.1, 0.15) is 17.9 Å². The van der Waals surface area contributed by atoms with Crippen molar-refractivity contribution in [3.63, 3.8) is 0 Å². The fourth-order valence-electron chi connectivity index (χ4n) is 3.69. The van der Waals surface area contributed by atoms with Gasteiger partial charge in [0.2, 0.25) is 0 Å². The average molecular weight is 400 g/mol. The Bertz CT molecular complexity index is 743. The van der Waals surface area contributed by atoms with Crippen LogP contribution in [0.2, 0.25) is 0 Å². The molecule has 1 saturated heterocycles. The summed E-state index contributed by atoms with van der Waals surface area (Å²) in [5.74, 6) is -0.387. The third-order valence-corrected chi connectivity index (χ3v) is 5.49. The van der Waals surface area contributed by atoms with Crippen molar-refractivity contribution in [2.45, 2.75) is 69.6 Å². The topological polar surface area (TPSA) is 97.7 Å². The highest BCUT2D eigenvalue weighted by Gasteiger charge is 2.35. The number of nitriles is 1. The molecule has 1 saturated carbocycles. The van der Waals surface area contributed by atoms with Gasteiger partial charge in [0.15, 0.2) is 6.10 Å². The number of nitrogens with zero attached hydrogens (tertiary/aromatic N) is 1. The Morgan fingerprint density at radius 1 is 1.24 bits per heavy atom. The zero-order valence-corrected chi connectivity index (χ0v) is 16.8. The van der Waals surface area contributed by atoms with E-state index in [2.05, 4.69) is 11.4 Å². The second-order valence-corrected chi connectivity index (χ2v) is 7.76. The fraction of sp³-hybridized carbons (Fsp3) is 0.591. The van der Waals surface area contributed by atoms with Gasteiger partial charge < -0.3 is 19.5 Å². The minimum Gasteiger partial charge on any atom is -0.491 e. The Labute approximate surface area is 171 Å². The molecule has 0 aromatic heterocycles. The summed E-state index contributed by atoms with van der Waals surface area (Å²) in [7, 11) is 0. The first-order chi connectivity index (χ1) is 14.0. The summed E-state index contributed by atoms with van der Waals surface area (Å²) in [5.41, 5.74) is -0.514. The maximum atomic E-state index is 12.4. The van der Waals surface area contributed by atoms with Crippen LogP contribution in [-0.2, 0) is 14.3 Å². The molecule has 7 nitrogen and oxygen atoms in total. The summed E-state index contributed by atoms with van der Waals surface area (Å²) in [5, 5.41) is 12.3. The van der Waals surface area contributed by atoms with E-state index in [-0.39, 0.29) is 6.10 Å². The Balaban J connectivity index is 1.49. The van der Waals surface area contributed by atoms with E-state index in [0.29, 0.717) is 30.8 Å². The Morgan fingerprint density at radius 3 is 2.59 bits per heavy atom. The van der Waals surface area contributed by atoms with Crippen LogP contribution in [0.4, 0.5) is 0 Å². The van der Waals surface area contributed by atoms with Gasteiger partial charge in [-0.3, -0.25) is 4.79 Å². The molecule has 2 fully saturated rings. The molecule has 0 spiro atoms. The lowest BCUT2D eigenvalue weighted by Gasteiger charge is -2.32. The lowest BCUT2D eigenvalue weighted by Crippen LogP contribution is -2.52. The highest BCUT2D eigenvalue weighted by molar-refractivity contribution is 5.92. The van der Waals surface area contributed by atoms with E-state index >= 15 is 0 Å². The van der Waals surface area contributed by atoms with Crippen molar-refractivity contribution >= 4 is 11.9 Å². The third-order valence-electron chi connectivity index (χ3n) is 5.49. The van der Waals surface area contributed by atoms with Gasteiger partial charge in [-0.15, -0.1) is 0 Å². The van der Waals surface area contributed by atoms with Crippen LogP contribution in [-0.4, -0.2) is 42.8 Å². The van der Waals surface area contributed by atoms with Gasteiger partial charge in [0.25, 0.3) is 5.91 Å². The highest BCUT2D eigenvalue weighted by Crippen LogP contribution is 2.27. The van der Waals surface area contributed by atoms with Gasteiger partial charge in [0, 0.05) is 6.61 Å². The molecule has 2 atom stereocenters. The maximum Gasteiger partial charge on any atom is 0.338 e. The summed E-state index contributed by atoms with van der Waals surface area (Å²) in [6, 6.07) is 8.84.